The lowest BCUT2D eigenvalue weighted by Crippen LogP contribution is -2.37. The van der Waals surface area contributed by atoms with E-state index < -0.39 is 22.5 Å². The Balaban J connectivity index is 2.30. The number of methoxy groups -OCH3 is 2. The zero-order valence-electron chi connectivity index (χ0n) is 14.8. The van der Waals surface area contributed by atoms with Crippen LogP contribution in [-0.4, -0.2) is 41.3 Å². The maximum atomic E-state index is 12.4. The summed E-state index contributed by atoms with van der Waals surface area (Å²) in [5, 5.41) is 3.22. The molecule has 0 fully saturated rings. The summed E-state index contributed by atoms with van der Waals surface area (Å²) < 4.78 is 35.7. The molecule has 146 valence electrons. The van der Waals surface area contributed by atoms with Gasteiger partial charge < -0.3 is 14.8 Å². The number of carbonyl (C=O) groups is 1. The number of hydrogen-bond donors (Lipinski definition) is 1. The number of benzene rings is 2. The van der Waals surface area contributed by atoms with Crippen molar-refractivity contribution in [3.8, 4) is 11.5 Å². The van der Waals surface area contributed by atoms with Gasteiger partial charge in [0, 0.05) is 11.1 Å². The highest BCUT2D eigenvalue weighted by molar-refractivity contribution is 7.92. The molecule has 0 saturated heterocycles. The molecule has 1 amide bonds. The quantitative estimate of drug-likeness (QED) is 0.724. The second-order valence-corrected chi connectivity index (χ2v) is 8.23. The van der Waals surface area contributed by atoms with Crippen molar-refractivity contribution in [3.05, 3.63) is 46.4 Å². The van der Waals surface area contributed by atoms with E-state index in [2.05, 4.69) is 5.32 Å². The maximum absolute atomic E-state index is 12.4. The van der Waals surface area contributed by atoms with Crippen molar-refractivity contribution in [1.82, 2.24) is 0 Å². The fourth-order valence-corrected chi connectivity index (χ4v) is 3.48. The molecule has 7 nitrogen and oxygen atoms in total. The van der Waals surface area contributed by atoms with Gasteiger partial charge in [0.2, 0.25) is 15.9 Å². The number of amides is 1. The Morgan fingerprint density at radius 1 is 1.07 bits per heavy atom. The van der Waals surface area contributed by atoms with Crippen molar-refractivity contribution in [3.63, 3.8) is 0 Å². The molecule has 0 heterocycles. The molecule has 2 aromatic rings. The van der Waals surface area contributed by atoms with E-state index in [4.69, 9.17) is 32.7 Å². The normalized spacial score (nSPS) is 11.0. The smallest absolute Gasteiger partial charge is 0.245 e. The van der Waals surface area contributed by atoms with Crippen LogP contribution < -0.4 is 19.1 Å². The minimum absolute atomic E-state index is 0.252. The van der Waals surface area contributed by atoms with E-state index in [0.29, 0.717) is 16.5 Å². The fourth-order valence-electron chi connectivity index (χ4n) is 2.29. The van der Waals surface area contributed by atoms with E-state index in [9.17, 15) is 13.2 Å². The van der Waals surface area contributed by atoms with Crippen molar-refractivity contribution in [1.29, 1.82) is 0 Å². The molecular weight excluding hydrogens is 415 g/mol. The van der Waals surface area contributed by atoms with Gasteiger partial charge in [0.25, 0.3) is 0 Å². The molecule has 0 aromatic heterocycles. The lowest BCUT2D eigenvalue weighted by atomic mass is 10.2. The number of anilines is 2. The van der Waals surface area contributed by atoms with Crippen LogP contribution in [0.5, 0.6) is 11.5 Å². The lowest BCUT2D eigenvalue weighted by Gasteiger charge is -2.23. The van der Waals surface area contributed by atoms with Crippen LogP contribution in [-0.2, 0) is 14.8 Å². The van der Waals surface area contributed by atoms with Crippen molar-refractivity contribution >= 4 is 50.5 Å². The predicted octanol–water partition coefficient (Wildman–Crippen LogP) is 3.42. The Morgan fingerprint density at radius 3 is 2.33 bits per heavy atom. The number of nitrogens with one attached hydrogen (secondary N) is 1. The van der Waals surface area contributed by atoms with Gasteiger partial charge in [-0.15, -0.1) is 0 Å². The van der Waals surface area contributed by atoms with Gasteiger partial charge in [0.15, 0.2) is 11.5 Å². The van der Waals surface area contributed by atoms with Gasteiger partial charge in [-0.3, -0.25) is 9.10 Å². The molecule has 0 atom stereocenters. The summed E-state index contributed by atoms with van der Waals surface area (Å²) >= 11 is 11.9. The summed E-state index contributed by atoms with van der Waals surface area (Å²) in [5.41, 5.74) is 0.539. The zero-order chi connectivity index (χ0) is 20.2. The molecule has 0 saturated carbocycles. The largest absolute Gasteiger partial charge is 0.493 e. The highest BCUT2D eigenvalue weighted by atomic mass is 35.5. The molecule has 2 rings (SSSR count). The number of sulfonamides is 1. The van der Waals surface area contributed by atoms with E-state index in [1.165, 1.54) is 38.5 Å². The average Bonchev–Trinajstić information content (AvgIpc) is 2.61. The summed E-state index contributed by atoms with van der Waals surface area (Å²) in [6.45, 7) is -0.461. The van der Waals surface area contributed by atoms with E-state index >= 15 is 0 Å². The van der Waals surface area contributed by atoms with Crippen molar-refractivity contribution in [2.24, 2.45) is 0 Å². The van der Waals surface area contributed by atoms with Gasteiger partial charge in [-0.05, 0) is 30.3 Å². The second-order valence-electron chi connectivity index (χ2n) is 5.48. The zero-order valence-corrected chi connectivity index (χ0v) is 17.2. The topological polar surface area (TPSA) is 84.9 Å². The molecule has 0 radical (unpaired) electrons. The number of hydrogen-bond acceptors (Lipinski definition) is 5. The number of rotatable bonds is 7. The summed E-state index contributed by atoms with van der Waals surface area (Å²) in [5.74, 6) is 0.186. The molecule has 0 bridgehead atoms. The van der Waals surface area contributed by atoms with Gasteiger partial charge in [-0.2, -0.15) is 0 Å². The second kappa shape index (κ2) is 8.69. The molecule has 0 aliphatic rings. The van der Waals surface area contributed by atoms with E-state index in [-0.39, 0.29) is 16.4 Å². The Bertz CT molecular complexity index is 950. The van der Waals surface area contributed by atoms with Crippen molar-refractivity contribution < 1.29 is 22.7 Å². The van der Waals surface area contributed by atoms with E-state index in [1.807, 2.05) is 0 Å². The standard InChI is InChI=1S/C17H18Cl2N2O5S/c1-25-15-7-5-12(9-16(15)26-2)21(27(3,23)24)10-17(22)20-14-8-11(18)4-6-13(14)19/h4-9H,10H2,1-3H3,(H,20,22). The van der Waals surface area contributed by atoms with E-state index in [0.717, 1.165) is 10.6 Å². The van der Waals surface area contributed by atoms with Crippen LogP contribution in [0.25, 0.3) is 0 Å². The fraction of sp³-hybridized carbons (Fsp3) is 0.235. The van der Waals surface area contributed by atoms with Crippen LogP contribution in [0.2, 0.25) is 10.0 Å². The number of carbonyl (C=O) groups excluding carboxylic acids is 1. The highest BCUT2D eigenvalue weighted by Gasteiger charge is 2.22. The molecule has 0 spiro atoms. The first kappa shape index (κ1) is 21.1. The monoisotopic (exact) mass is 432 g/mol. The summed E-state index contributed by atoms with van der Waals surface area (Å²) in [7, 11) is -0.854. The minimum atomic E-state index is -3.75. The first-order valence-corrected chi connectivity index (χ1v) is 10.2. The van der Waals surface area contributed by atoms with E-state index in [1.54, 1.807) is 12.1 Å². The number of ether oxygens (including phenoxy) is 2. The third kappa shape index (κ3) is 5.41. The summed E-state index contributed by atoms with van der Waals surface area (Å²) in [6, 6.07) is 9.12. The van der Waals surface area contributed by atoms with Gasteiger partial charge in [0.1, 0.15) is 6.54 Å². The molecule has 2 aromatic carbocycles. The summed E-state index contributed by atoms with van der Waals surface area (Å²) in [6.07, 6.45) is 1.00. The van der Waals surface area contributed by atoms with Crippen LogP contribution in [0, 0.1) is 0 Å². The van der Waals surface area contributed by atoms with Gasteiger partial charge >= 0.3 is 0 Å². The third-order valence-corrected chi connectivity index (χ3v) is 5.25. The van der Waals surface area contributed by atoms with Gasteiger partial charge in [-0.1, -0.05) is 23.2 Å². The van der Waals surface area contributed by atoms with Crippen LogP contribution in [0.15, 0.2) is 36.4 Å². The van der Waals surface area contributed by atoms with Crippen molar-refractivity contribution in [2.75, 3.05) is 36.6 Å². The first-order chi connectivity index (χ1) is 12.7. The molecule has 0 unspecified atom stereocenters. The molecule has 10 heteroatoms. The predicted molar refractivity (Wildman–Crippen MR) is 107 cm³/mol. The average molecular weight is 433 g/mol. The first-order valence-electron chi connectivity index (χ1n) is 7.60. The third-order valence-electron chi connectivity index (χ3n) is 3.55. The minimum Gasteiger partial charge on any atom is -0.493 e. The lowest BCUT2D eigenvalue weighted by molar-refractivity contribution is -0.114. The molecule has 1 N–H and O–H groups in total. The Labute approximate surface area is 167 Å². The van der Waals surface area contributed by atoms with Crippen LogP contribution in [0.1, 0.15) is 0 Å². The SMILES string of the molecule is COc1ccc(N(CC(=O)Nc2cc(Cl)ccc2Cl)S(C)(=O)=O)cc1OC. The molecule has 0 aliphatic carbocycles. The van der Waals surface area contributed by atoms with Crippen LogP contribution in [0.3, 0.4) is 0 Å². The summed E-state index contributed by atoms with van der Waals surface area (Å²) in [4.78, 5) is 12.4. The number of nitrogens with zero attached hydrogens (tertiary/aromatic N) is 1. The Hall–Kier alpha value is -2.16. The van der Waals surface area contributed by atoms with Crippen LogP contribution >= 0.6 is 23.2 Å². The number of halogens is 2. The van der Waals surface area contributed by atoms with Gasteiger partial charge in [0.05, 0.1) is 36.9 Å². The molecule has 0 aliphatic heterocycles. The highest BCUT2D eigenvalue weighted by Crippen LogP contribution is 2.32. The maximum Gasteiger partial charge on any atom is 0.245 e. The Morgan fingerprint density at radius 2 is 1.74 bits per heavy atom. The van der Waals surface area contributed by atoms with Gasteiger partial charge in [-0.25, -0.2) is 8.42 Å². The van der Waals surface area contributed by atoms with Crippen LogP contribution in [0.4, 0.5) is 11.4 Å². The molecular formula is C17H18Cl2N2O5S. The molecule has 27 heavy (non-hydrogen) atoms. The van der Waals surface area contributed by atoms with Crippen molar-refractivity contribution in [2.45, 2.75) is 0 Å². The Kier molecular flexibility index (Phi) is 6.80.